The molecule has 0 spiro atoms. The van der Waals surface area contributed by atoms with E-state index in [1.807, 2.05) is 42.7 Å². The lowest BCUT2D eigenvalue weighted by atomic mass is 10.1. The van der Waals surface area contributed by atoms with Crippen LogP contribution in [0.2, 0.25) is 0 Å². The normalized spacial score (nSPS) is 11.0. The first-order valence-electron chi connectivity index (χ1n) is 6.52. The molecule has 2 rings (SSSR count). The average molecular weight is 346 g/mol. The first-order chi connectivity index (χ1) is 9.58. The van der Waals surface area contributed by atoms with Crippen LogP contribution in [0.15, 0.2) is 30.6 Å². The fourth-order valence-electron chi connectivity index (χ4n) is 1.87. The summed E-state index contributed by atoms with van der Waals surface area (Å²) < 4.78 is 1.87. The van der Waals surface area contributed by atoms with Gasteiger partial charge in [-0.3, -0.25) is 4.79 Å². The van der Waals surface area contributed by atoms with Gasteiger partial charge in [0.1, 0.15) is 18.2 Å². The zero-order valence-electron chi connectivity index (χ0n) is 12.5. The van der Waals surface area contributed by atoms with E-state index < -0.39 is 6.04 Å². The van der Waals surface area contributed by atoms with Gasteiger partial charge in [0.05, 0.1) is 0 Å². The minimum Gasteiger partial charge on any atom is -0.353 e. The highest BCUT2D eigenvalue weighted by Crippen LogP contribution is 2.11. The standard InChI is InChI=1S/C14H19N5O.2ClH/c1-10-3-5-12(6-4-10)13(15)14(20)16-7-8-19-9-17-18-11(19)2;;/h3-6,9,13H,7-8,15H2,1-2H3,(H,16,20);2*1H. The summed E-state index contributed by atoms with van der Waals surface area (Å²) in [7, 11) is 0. The van der Waals surface area contributed by atoms with Crippen molar-refractivity contribution in [3.05, 3.63) is 47.5 Å². The topological polar surface area (TPSA) is 85.8 Å². The highest BCUT2D eigenvalue weighted by atomic mass is 35.5. The van der Waals surface area contributed by atoms with Crippen molar-refractivity contribution in [2.24, 2.45) is 5.73 Å². The van der Waals surface area contributed by atoms with Crippen LogP contribution in [0.3, 0.4) is 0 Å². The van der Waals surface area contributed by atoms with Crippen LogP contribution in [-0.2, 0) is 11.3 Å². The Morgan fingerprint density at radius 1 is 1.27 bits per heavy atom. The number of nitrogens with zero attached hydrogens (tertiary/aromatic N) is 3. The number of hydrogen-bond donors (Lipinski definition) is 2. The maximum Gasteiger partial charge on any atom is 0.241 e. The van der Waals surface area contributed by atoms with Crippen molar-refractivity contribution >= 4 is 30.7 Å². The molecule has 0 aliphatic rings. The molecule has 0 bridgehead atoms. The van der Waals surface area contributed by atoms with Crippen LogP contribution in [0.4, 0.5) is 0 Å². The Morgan fingerprint density at radius 2 is 1.91 bits per heavy atom. The van der Waals surface area contributed by atoms with E-state index in [-0.39, 0.29) is 30.7 Å². The Kier molecular flexibility index (Phi) is 8.70. The summed E-state index contributed by atoms with van der Waals surface area (Å²) in [6.45, 7) is 4.99. The minimum absolute atomic E-state index is 0. The van der Waals surface area contributed by atoms with Crippen LogP contribution < -0.4 is 11.1 Å². The number of halogens is 2. The number of aryl methyl sites for hydroxylation is 2. The molecule has 1 aromatic heterocycles. The van der Waals surface area contributed by atoms with Crippen LogP contribution in [0, 0.1) is 13.8 Å². The van der Waals surface area contributed by atoms with Gasteiger partial charge in [-0.2, -0.15) is 0 Å². The number of amides is 1. The zero-order valence-corrected chi connectivity index (χ0v) is 14.2. The van der Waals surface area contributed by atoms with Crippen molar-refractivity contribution in [2.75, 3.05) is 6.54 Å². The van der Waals surface area contributed by atoms with E-state index in [0.717, 1.165) is 17.0 Å². The molecule has 1 unspecified atom stereocenters. The molecular formula is C14H21Cl2N5O. The third kappa shape index (κ3) is 5.29. The summed E-state index contributed by atoms with van der Waals surface area (Å²) in [6, 6.07) is 7.01. The Morgan fingerprint density at radius 3 is 2.45 bits per heavy atom. The predicted molar refractivity (Wildman–Crippen MR) is 90.4 cm³/mol. The number of nitrogens with two attached hydrogens (primary N) is 1. The van der Waals surface area contributed by atoms with Crippen LogP contribution in [0.1, 0.15) is 23.0 Å². The molecule has 2 aromatic rings. The minimum atomic E-state index is -0.641. The second-order valence-electron chi connectivity index (χ2n) is 4.75. The third-order valence-corrected chi connectivity index (χ3v) is 3.18. The Balaban J connectivity index is 0.00000220. The molecular weight excluding hydrogens is 325 g/mol. The molecule has 0 aliphatic heterocycles. The summed E-state index contributed by atoms with van der Waals surface area (Å²) in [6.07, 6.45) is 1.64. The number of aromatic nitrogens is 3. The van der Waals surface area contributed by atoms with Gasteiger partial charge in [-0.1, -0.05) is 29.8 Å². The summed E-state index contributed by atoms with van der Waals surface area (Å²) in [5.41, 5.74) is 7.89. The van der Waals surface area contributed by atoms with Gasteiger partial charge in [0, 0.05) is 13.1 Å². The SMILES string of the molecule is Cc1ccc(C(N)C(=O)NCCn2cnnc2C)cc1.Cl.Cl. The third-order valence-electron chi connectivity index (χ3n) is 3.18. The van der Waals surface area contributed by atoms with E-state index >= 15 is 0 Å². The van der Waals surface area contributed by atoms with Gasteiger partial charge in [-0.25, -0.2) is 0 Å². The second kappa shape index (κ2) is 9.40. The number of nitrogens with one attached hydrogen (secondary N) is 1. The summed E-state index contributed by atoms with van der Waals surface area (Å²) in [5, 5.41) is 10.5. The molecule has 1 heterocycles. The highest BCUT2D eigenvalue weighted by molar-refractivity contribution is 5.85. The van der Waals surface area contributed by atoms with E-state index in [1.54, 1.807) is 6.33 Å². The van der Waals surface area contributed by atoms with Crippen LogP contribution in [0.25, 0.3) is 0 Å². The van der Waals surface area contributed by atoms with Gasteiger partial charge in [0.15, 0.2) is 0 Å². The molecule has 8 heteroatoms. The van der Waals surface area contributed by atoms with Crippen molar-refractivity contribution in [1.29, 1.82) is 0 Å². The summed E-state index contributed by atoms with van der Waals surface area (Å²) in [5.74, 6) is 0.640. The van der Waals surface area contributed by atoms with Crippen LogP contribution >= 0.6 is 24.8 Å². The Hall–Kier alpha value is -1.63. The fourth-order valence-corrected chi connectivity index (χ4v) is 1.87. The molecule has 6 nitrogen and oxygen atoms in total. The molecule has 1 amide bonds. The number of hydrogen-bond acceptors (Lipinski definition) is 4. The molecule has 0 fully saturated rings. The van der Waals surface area contributed by atoms with Gasteiger partial charge in [-0.15, -0.1) is 35.0 Å². The first-order valence-corrected chi connectivity index (χ1v) is 6.52. The first kappa shape index (κ1) is 20.4. The fraction of sp³-hybridized carbons (Fsp3) is 0.357. The van der Waals surface area contributed by atoms with Gasteiger partial charge < -0.3 is 15.6 Å². The molecule has 22 heavy (non-hydrogen) atoms. The van der Waals surface area contributed by atoms with Crippen molar-refractivity contribution in [1.82, 2.24) is 20.1 Å². The Labute approximate surface area is 142 Å². The van der Waals surface area contributed by atoms with Gasteiger partial charge in [-0.05, 0) is 19.4 Å². The Bertz CT molecular complexity index is 585. The maximum atomic E-state index is 12.0. The largest absolute Gasteiger partial charge is 0.353 e. The summed E-state index contributed by atoms with van der Waals surface area (Å²) in [4.78, 5) is 12.0. The van der Waals surface area contributed by atoms with Crippen molar-refractivity contribution in [3.63, 3.8) is 0 Å². The number of carbonyl (C=O) groups is 1. The molecule has 0 aliphatic carbocycles. The monoisotopic (exact) mass is 345 g/mol. The van der Waals surface area contributed by atoms with Crippen LogP contribution in [0.5, 0.6) is 0 Å². The number of benzene rings is 1. The van der Waals surface area contributed by atoms with Gasteiger partial charge >= 0.3 is 0 Å². The van der Waals surface area contributed by atoms with Crippen molar-refractivity contribution < 1.29 is 4.79 Å². The number of rotatable bonds is 5. The lowest BCUT2D eigenvalue weighted by molar-refractivity contribution is -0.122. The quantitative estimate of drug-likeness (QED) is 0.860. The number of carbonyl (C=O) groups excluding carboxylic acids is 1. The molecule has 3 N–H and O–H groups in total. The zero-order chi connectivity index (χ0) is 14.5. The van der Waals surface area contributed by atoms with Crippen LogP contribution in [-0.4, -0.2) is 27.2 Å². The van der Waals surface area contributed by atoms with Gasteiger partial charge in [0.25, 0.3) is 0 Å². The van der Waals surface area contributed by atoms with Gasteiger partial charge in [0.2, 0.25) is 5.91 Å². The lowest BCUT2D eigenvalue weighted by Gasteiger charge is -2.13. The van der Waals surface area contributed by atoms with E-state index in [2.05, 4.69) is 15.5 Å². The van der Waals surface area contributed by atoms with Crippen molar-refractivity contribution in [3.8, 4) is 0 Å². The maximum absolute atomic E-state index is 12.0. The second-order valence-corrected chi connectivity index (χ2v) is 4.75. The average Bonchev–Trinajstić information content (AvgIpc) is 2.84. The van der Waals surface area contributed by atoms with E-state index in [1.165, 1.54) is 0 Å². The highest BCUT2D eigenvalue weighted by Gasteiger charge is 2.14. The van der Waals surface area contributed by atoms with E-state index in [0.29, 0.717) is 13.1 Å². The predicted octanol–water partition coefficient (Wildman–Crippen LogP) is 1.55. The van der Waals surface area contributed by atoms with Crippen molar-refractivity contribution in [2.45, 2.75) is 26.4 Å². The summed E-state index contributed by atoms with van der Waals surface area (Å²) >= 11 is 0. The molecule has 1 aromatic carbocycles. The molecule has 0 saturated heterocycles. The molecule has 0 radical (unpaired) electrons. The van der Waals surface area contributed by atoms with E-state index in [9.17, 15) is 4.79 Å². The molecule has 1 atom stereocenters. The lowest BCUT2D eigenvalue weighted by Crippen LogP contribution is -2.35. The van der Waals surface area contributed by atoms with E-state index in [4.69, 9.17) is 5.73 Å². The molecule has 122 valence electrons. The molecule has 0 saturated carbocycles. The smallest absolute Gasteiger partial charge is 0.241 e.